The van der Waals surface area contributed by atoms with Gasteiger partial charge in [-0.25, -0.2) is 0 Å². The van der Waals surface area contributed by atoms with Gasteiger partial charge in [-0.2, -0.15) is 0 Å². The molecule has 0 radical (unpaired) electrons. The predicted octanol–water partition coefficient (Wildman–Crippen LogP) is 23.8. The summed E-state index contributed by atoms with van der Waals surface area (Å²) in [4.78, 5) is 23.4. The Kier molecular flexibility index (Phi) is 51.8. The van der Waals surface area contributed by atoms with Crippen molar-refractivity contribution in [3.8, 4) is 0 Å². The van der Waals surface area contributed by atoms with Crippen LogP contribution in [0.4, 0.5) is 4.39 Å². The number of rotatable bonds is 20. The second-order valence-electron chi connectivity index (χ2n) is 34.8. The van der Waals surface area contributed by atoms with Gasteiger partial charge in [0.2, 0.25) is 6.41 Å². The number of carbonyl (C=O) groups excluding carboxylic acids is 1. The number of likely N-dealkylation sites (tertiary alicyclic amines) is 4. The van der Waals surface area contributed by atoms with Crippen LogP contribution in [0.5, 0.6) is 0 Å². The number of benzene rings is 11. The van der Waals surface area contributed by atoms with Gasteiger partial charge in [0.15, 0.2) is 0 Å². The van der Waals surface area contributed by atoms with Crippen LogP contribution in [-0.4, -0.2) is 152 Å². The van der Waals surface area contributed by atoms with Crippen molar-refractivity contribution in [1.29, 1.82) is 0 Å². The average Bonchev–Trinajstić information content (AvgIpc) is 1.01. The number of hydrogen-bond donors (Lipinski definition) is 6. The molecule has 0 aliphatic carbocycles. The fourth-order valence-corrected chi connectivity index (χ4v) is 18.1. The summed E-state index contributed by atoms with van der Waals surface area (Å²) in [5, 5.41) is 32.0. The number of alkyl halides is 4. The molecule has 0 aromatic heterocycles. The van der Waals surface area contributed by atoms with Crippen molar-refractivity contribution in [3.05, 3.63) is 395 Å². The van der Waals surface area contributed by atoms with E-state index >= 15 is 0 Å². The van der Waals surface area contributed by atoms with Gasteiger partial charge in [-0.3, -0.25) is 28.8 Å². The zero-order valence-electron chi connectivity index (χ0n) is 78.8. The molecule has 6 heterocycles. The van der Waals surface area contributed by atoms with Gasteiger partial charge >= 0.3 is 0 Å². The first-order chi connectivity index (χ1) is 62.8. The SMILES string of the molecule is BrCc1ccccc1.CC1(c2ccccc2)CCN(Cc2ccccc2)CC1.CC1(c2ccccc2)CCNCC1.CCN(CC)CC.Cl.Cl.ClCCl.NC1(c2ccccc2)CCN(Cc2ccccc2)CC1.O=CNC1(c2ccccc2)CCN(Cc2ccccc2)CC1.OC1(c2ccccc2)CCN(Cc2ccccc2)CC1.OC1(c2ccccc2)CCNCC1.[2H]CF. The van der Waals surface area contributed by atoms with Crippen LogP contribution in [0.3, 0.4) is 0 Å². The highest BCUT2D eigenvalue weighted by atomic mass is 79.9. The van der Waals surface area contributed by atoms with Crippen LogP contribution in [0.2, 0.25) is 0 Å². The minimum absolute atomic E-state index is 0. The van der Waals surface area contributed by atoms with Gasteiger partial charge in [-0.15, -0.1) is 48.0 Å². The Morgan fingerprint density at radius 1 is 0.377 bits per heavy atom. The zero-order valence-corrected chi connectivity index (χ0v) is 82.5. The Balaban J connectivity index is 0.000000233. The molecular formula is C112H149BrCl4FN9O3. The number of nitrogens with two attached hydrogens (primary N) is 1. The lowest BCUT2D eigenvalue weighted by Gasteiger charge is -2.42. The van der Waals surface area contributed by atoms with Crippen LogP contribution < -0.4 is 21.7 Å². The van der Waals surface area contributed by atoms with Crippen molar-refractivity contribution in [2.24, 2.45) is 5.73 Å². The van der Waals surface area contributed by atoms with Crippen molar-refractivity contribution in [1.82, 2.24) is 40.4 Å². The Labute approximate surface area is 813 Å². The van der Waals surface area contributed by atoms with E-state index in [2.05, 4.69) is 315 Å². The largest absolute Gasteiger partial charge is 0.385 e. The number of piperidine rings is 6. The maximum atomic E-state index is 11.1. The van der Waals surface area contributed by atoms with E-state index in [4.69, 9.17) is 30.3 Å². The van der Waals surface area contributed by atoms with Crippen LogP contribution >= 0.6 is 63.9 Å². The summed E-state index contributed by atoms with van der Waals surface area (Å²) in [6, 6.07) is 116. The number of nitrogens with zero attached hydrogens (tertiary/aromatic N) is 5. The van der Waals surface area contributed by atoms with E-state index in [1.165, 1.54) is 108 Å². The van der Waals surface area contributed by atoms with E-state index in [1.54, 1.807) is 0 Å². The zero-order chi connectivity index (χ0) is 92.0. The normalized spacial score (nSPS) is 17.4. The van der Waals surface area contributed by atoms with Gasteiger partial charge in [-0.1, -0.05) is 384 Å². The lowest BCUT2D eigenvalue weighted by Crippen LogP contribution is -2.50. The topological polar surface area (TPSA) is 136 Å². The molecule has 17 rings (SSSR count). The van der Waals surface area contributed by atoms with Crippen LogP contribution in [0.25, 0.3) is 0 Å². The molecule has 0 saturated carbocycles. The molecule has 0 atom stereocenters. The van der Waals surface area contributed by atoms with E-state index in [0.717, 1.165) is 166 Å². The number of carbonyl (C=O) groups is 1. The highest BCUT2D eigenvalue weighted by Crippen LogP contribution is 2.39. The fraction of sp³-hybridized carbons (Fsp3) is 0.402. The smallest absolute Gasteiger partial charge is 0.207 e. The average molecular weight is 1910 g/mol. The number of halogens is 6. The molecule has 11 aromatic carbocycles. The second kappa shape index (κ2) is 61.8. The van der Waals surface area contributed by atoms with Crippen molar-refractivity contribution >= 4 is 70.4 Å². The quantitative estimate of drug-likeness (QED) is 0.0322. The molecule has 0 bridgehead atoms. The Bertz CT molecular complexity index is 4310. The van der Waals surface area contributed by atoms with Gasteiger partial charge in [0.1, 0.15) is 0 Å². The maximum absolute atomic E-state index is 11.1. The molecule has 7 N–H and O–H groups in total. The number of aliphatic hydroxyl groups is 2. The Morgan fingerprint density at radius 3 is 0.885 bits per heavy atom. The lowest BCUT2D eigenvalue weighted by atomic mass is 9.74. The number of hydrogen-bond acceptors (Lipinski definition) is 11. The lowest BCUT2D eigenvalue weighted by molar-refractivity contribution is -0.112. The monoisotopic (exact) mass is 1910 g/mol. The molecule has 130 heavy (non-hydrogen) atoms. The minimum Gasteiger partial charge on any atom is -0.385 e. The van der Waals surface area contributed by atoms with Crippen LogP contribution in [-0.2, 0) is 69.4 Å². The summed E-state index contributed by atoms with van der Waals surface area (Å²) >= 11 is 12.9. The van der Waals surface area contributed by atoms with Crippen molar-refractivity contribution in [2.45, 2.75) is 176 Å². The maximum Gasteiger partial charge on any atom is 0.207 e. The summed E-state index contributed by atoms with van der Waals surface area (Å²) in [5.74, 6) is 0. The second-order valence-corrected chi connectivity index (χ2v) is 36.1. The first-order valence-corrected chi connectivity index (χ1v) is 48.6. The van der Waals surface area contributed by atoms with Crippen LogP contribution in [0.1, 0.15) is 174 Å². The molecule has 6 saturated heterocycles. The van der Waals surface area contributed by atoms with E-state index in [1.807, 2.05) is 109 Å². The fourth-order valence-electron chi connectivity index (χ4n) is 17.7. The molecule has 6 aliphatic rings. The van der Waals surface area contributed by atoms with Crippen molar-refractivity contribution in [3.63, 3.8) is 0 Å². The molecule has 12 nitrogen and oxygen atoms in total. The first-order valence-electron chi connectivity index (χ1n) is 47.1. The van der Waals surface area contributed by atoms with Crippen LogP contribution in [0.15, 0.2) is 334 Å². The number of amides is 1. The van der Waals surface area contributed by atoms with Gasteiger partial charge in [-0.05, 0) is 208 Å². The van der Waals surface area contributed by atoms with Crippen molar-refractivity contribution < 1.29 is 20.8 Å². The predicted molar refractivity (Wildman–Crippen MR) is 557 cm³/mol. The van der Waals surface area contributed by atoms with Gasteiger partial charge in [0.05, 0.1) is 30.6 Å². The Hall–Kier alpha value is -7.94. The molecule has 702 valence electrons. The molecule has 6 fully saturated rings. The summed E-state index contributed by atoms with van der Waals surface area (Å²) in [5.41, 5.74) is 20.2. The third kappa shape index (κ3) is 37.8. The van der Waals surface area contributed by atoms with E-state index in [0.29, 0.717) is 10.8 Å². The summed E-state index contributed by atoms with van der Waals surface area (Å²) in [6.07, 6.45) is 13.1. The molecule has 6 aliphatic heterocycles. The highest BCUT2D eigenvalue weighted by Gasteiger charge is 2.38. The molecular weight excluding hydrogens is 1760 g/mol. The molecule has 1 amide bonds. The minimum atomic E-state index is -1.00. The third-order valence-electron chi connectivity index (χ3n) is 26.1. The van der Waals surface area contributed by atoms with Gasteiger partial charge < -0.3 is 36.8 Å². The summed E-state index contributed by atoms with van der Waals surface area (Å²) in [7, 11) is -1.00. The Morgan fingerprint density at radius 2 is 0.608 bits per heavy atom. The van der Waals surface area contributed by atoms with E-state index in [-0.39, 0.29) is 41.2 Å². The molecule has 0 spiro atoms. The third-order valence-corrected chi connectivity index (χ3v) is 26.8. The van der Waals surface area contributed by atoms with Gasteiger partial charge in [0.25, 0.3) is 0 Å². The molecule has 11 aromatic rings. The van der Waals surface area contributed by atoms with Crippen molar-refractivity contribution in [2.75, 3.05) is 111 Å². The first kappa shape index (κ1) is 109. The van der Waals surface area contributed by atoms with Crippen LogP contribution in [0, 0.1) is 0 Å². The number of nitrogens with one attached hydrogen (secondary N) is 3. The van der Waals surface area contributed by atoms with Gasteiger partial charge in [0, 0.05) is 76.3 Å². The van der Waals surface area contributed by atoms with E-state index < -0.39 is 18.4 Å². The molecule has 18 heteroatoms. The highest BCUT2D eigenvalue weighted by molar-refractivity contribution is 9.08. The standard InChI is InChI=1S/C19H22N2O.C19H23N.C18H22N2.C18H21NO.C12H17N.C11H15NO.C7H7Br.C6H15N.CH2Cl2.CH3F.2ClH/c22-16-20-19(18-9-5-2-6-10-18)11-13-21(14-12-19)15-17-7-3-1-4-8-17;1-19(18-10-6-3-7-11-18)12-14-20(15-13-19)16-17-8-4-2-5-9-17;19-18(17-9-5-2-6-10-17)11-13-20(14-12-18)15-16-7-3-1-4-8-16;20-18(17-9-5-2-6-10-17)11-13-19(14-12-18)15-16-7-3-1-4-8-16;1-12(7-9-13-10-8-12)11-5-3-2-4-6-11;13-11(6-8-12-9-7-11)10-4-2-1-3-5-10;8-6-7-4-2-1-3-5-7;1-4-7(5-2)6-3;2-1-3;1-2;;/h1-10,16H,11-15H2,(H,20,22);2-11H,12-16H2,1H3;1-10H,11-15,19H2;1-10,20H,11-15H2;2-6,13H,7-10H2,1H3;1-5,12-13H,6-9H2;1-5H,6H2;4-6H2,1-3H3;1H2;1H3;2*1H/i;;;;;;;;;1D;;. The summed E-state index contributed by atoms with van der Waals surface area (Å²) in [6.45, 7) is 31.5. The van der Waals surface area contributed by atoms with E-state index in [9.17, 15) is 19.4 Å². The summed E-state index contributed by atoms with van der Waals surface area (Å²) < 4.78 is 15.5. The molecule has 0 unspecified atom stereocenters.